The SMILES string of the molecule is CC(N/C=N\N=N)C(O)(c1ccc(F)cc1F)C(F)(F)c1ccc(C#CC2=CCC(OCc3ccc(C#N)cc3)C=C2)cn1. The molecule has 1 aromatic heterocycles. The van der Waals surface area contributed by atoms with Crippen LogP contribution in [0.15, 0.2) is 94.9 Å². The number of allylic oxidation sites excluding steroid dienone is 2. The summed E-state index contributed by atoms with van der Waals surface area (Å²) in [5, 5.41) is 28.5. The number of nitriles is 1. The second kappa shape index (κ2) is 13.9. The smallest absolute Gasteiger partial charge is 0.323 e. The van der Waals surface area contributed by atoms with Crippen molar-refractivity contribution in [2.45, 2.75) is 43.6 Å². The molecule has 0 amide bonds. The van der Waals surface area contributed by atoms with Crippen molar-refractivity contribution in [2.24, 2.45) is 10.3 Å². The van der Waals surface area contributed by atoms with Crippen molar-refractivity contribution < 1.29 is 27.4 Å². The van der Waals surface area contributed by atoms with Crippen molar-refractivity contribution in [1.29, 1.82) is 10.8 Å². The molecule has 12 heteroatoms. The van der Waals surface area contributed by atoms with Crippen molar-refractivity contribution >= 4 is 6.34 Å². The van der Waals surface area contributed by atoms with Gasteiger partial charge in [-0.15, -0.1) is 5.10 Å². The lowest BCUT2D eigenvalue weighted by molar-refractivity contribution is -0.210. The highest BCUT2D eigenvalue weighted by molar-refractivity contribution is 5.55. The maximum atomic E-state index is 16.0. The van der Waals surface area contributed by atoms with Gasteiger partial charge in [0.05, 0.1) is 30.4 Å². The summed E-state index contributed by atoms with van der Waals surface area (Å²) < 4.78 is 66.2. The Balaban J connectivity index is 1.48. The Morgan fingerprint density at radius 1 is 1.16 bits per heavy atom. The molecule has 0 radical (unpaired) electrons. The molecular weight excluding hydrogens is 576 g/mol. The Morgan fingerprint density at radius 2 is 1.91 bits per heavy atom. The molecule has 0 saturated heterocycles. The van der Waals surface area contributed by atoms with Gasteiger partial charge in [0.1, 0.15) is 23.7 Å². The fraction of sp³-hybridized carbons (Fsp3) is 0.219. The number of rotatable bonds is 10. The zero-order valence-electron chi connectivity index (χ0n) is 23.3. The molecule has 1 aliphatic rings. The molecule has 4 rings (SSSR count). The highest BCUT2D eigenvalue weighted by Crippen LogP contribution is 2.47. The summed E-state index contributed by atoms with van der Waals surface area (Å²) in [6.45, 7) is 1.52. The molecule has 3 atom stereocenters. The quantitative estimate of drug-likeness (QED) is 0.0657. The van der Waals surface area contributed by atoms with Crippen LogP contribution in [0.25, 0.3) is 0 Å². The molecule has 0 spiro atoms. The first-order valence-corrected chi connectivity index (χ1v) is 13.3. The van der Waals surface area contributed by atoms with Gasteiger partial charge in [0, 0.05) is 29.0 Å². The van der Waals surface area contributed by atoms with Crippen LogP contribution in [0.4, 0.5) is 17.6 Å². The van der Waals surface area contributed by atoms with E-state index in [0.717, 1.165) is 43.2 Å². The molecule has 0 saturated carbocycles. The van der Waals surface area contributed by atoms with E-state index in [-0.39, 0.29) is 6.10 Å². The van der Waals surface area contributed by atoms with Gasteiger partial charge in [0.2, 0.25) is 0 Å². The van der Waals surface area contributed by atoms with Crippen molar-refractivity contribution in [2.75, 3.05) is 0 Å². The molecule has 3 aromatic rings. The molecule has 0 bridgehead atoms. The number of halogens is 4. The highest BCUT2D eigenvalue weighted by atomic mass is 19.3. The molecule has 224 valence electrons. The van der Waals surface area contributed by atoms with Crippen molar-refractivity contribution in [3.8, 4) is 17.9 Å². The third-order valence-electron chi connectivity index (χ3n) is 6.93. The van der Waals surface area contributed by atoms with Gasteiger partial charge in [-0.05, 0) is 61.4 Å². The number of aliphatic hydroxyl groups is 1. The van der Waals surface area contributed by atoms with Crippen LogP contribution < -0.4 is 5.32 Å². The predicted octanol–water partition coefficient (Wildman–Crippen LogP) is 5.99. The van der Waals surface area contributed by atoms with E-state index in [1.165, 1.54) is 6.07 Å². The van der Waals surface area contributed by atoms with E-state index in [1.807, 2.05) is 24.3 Å². The maximum absolute atomic E-state index is 16.0. The van der Waals surface area contributed by atoms with Crippen molar-refractivity contribution in [1.82, 2.24) is 10.3 Å². The minimum atomic E-state index is -4.20. The summed E-state index contributed by atoms with van der Waals surface area (Å²) in [5.41, 5.74) is 4.19. The van der Waals surface area contributed by atoms with Gasteiger partial charge in [-0.3, -0.25) is 4.98 Å². The largest absolute Gasteiger partial charge is 0.377 e. The fourth-order valence-electron chi connectivity index (χ4n) is 4.46. The van der Waals surface area contributed by atoms with Crippen LogP contribution in [0, 0.1) is 40.3 Å². The first-order chi connectivity index (χ1) is 21.1. The number of hydrogen-bond donors (Lipinski definition) is 3. The average Bonchev–Trinajstić information content (AvgIpc) is 3.03. The van der Waals surface area contributed by atoms with Gasteiger partial charge >= 0.3 is 5.92 Å². The Bertz CT molecular complexity index is 1690. The maximum Gasteiger partial charge on any atom is 0.323 e. The number of ether oxygens (including phenoxy) is 1. The van der Waals surface area contributed by atoms with Gasteiger partial charge in [-0.2, -0.15) is 19.6 Å². The standard InChI is InChI=1S/C32H26F4N6O2/c1-21(40-20-41-42-38)31(43,28-14-11-26(33)16-29(28)34)32(35,36)30-15-10-24(18-39-30)5-2-22-8-12-27(13-9-22)44-19-25-6-3-23(17-37)4-7-25/h3-4,6-12,14-16,18,20-21,27,43H,13,19H2,1H3,(H2,38,40,41). The van der Waals surface area contributed by atoms with Crippen LogP contribution in [0.3, 0.4) is 0 Å². The second-order valence-corrected chi connectivity index (χ2v) is 9.79. The monoisotopic (exact) mass is 602 g/mol. The number of nitrogens with one attached hydrogen (secondary N) is 2. The van der Waals surface area contributed by atoms with Crippen LogP contribution in [0.1, 0.15) is 41.3 Å². The Kier molecular flexibility index (Phi) is 10.0. The van der Waals surface area contributed by atoms with Crippen molar-refractivity contribution in [3.05, 3.63) is 124 Å². The molecule has 44 heavy (non-hydrogen) atoms. The summed E-state index contributed by atoms with van der Waals surface area (Å²) in [6, 6.07) is 11.7. The first kappa shape index (κ1) is 31.8. The van der Waals surface area contributed by atoms with Gasteiger partial charge in [0.25, 0.3) is 0 Å². The fourth-order valence-corrected chi connectivity index (χ4v) is 4.46. The number of benzene rings is 2. The number of alkyl halides is 2. The van der Waals surface area contributed by atoms with Gasteiger partial charge < -0.3 is 15.2 Å². The average molecular weight is 603 g/mol. The van der Waals surface area contributed by atoms with E-state index in [2.05, 4.69) is 38.5 Å². The first-order valence-electron chi connectivity index (χ1n) is 13.3. The van der Waals surface area contributed by atoms with E-state index >= 15 is 8.78 Å². The van der Waals surface area contributed by atoms with E-state index in [0.29, 0.717) is 35.8 Å². The van der Waals surface area contributed by atoms with E-state index < -0.39 is 40.5 Å². The Morgan fingerprint density at radius 3 is 2.52 bits per heavy atom. The van der Waals surface area contributed by atoms with Crippen LogP contribution in [0.5, 0.6) is 0 Å². The normalized spacial score (nSPS) is 16.7. The van der Waals surface area contributed by atoms with Gasteiger partial charge in [0.15, 0.2) is 5.60 Å². The number of aromatic nitrogens is 1. The topological polar surface area (TPSA) is 127 Å². The van der Waals surface area contributed by atoms with Crippen LogP contribution in [0.2, 0.25) is 0 Å². The van der Waals surface area contributed by atoms with E-state index in [1.54, 1.807) is 18.2 Å². The van der Waals surface area contributed by atoms with Gasteiger partial charge in [-0.1, -0.05) is 41.3 Å². The summed E-state index contributed by atoms with van der Waals surface area (Å²) >= 11 is 0. The highest BCUT2D eigenvalue weighted by Gasteiger charge is 2.60. The number of nitrogens with zero attached hydrogens (tertiary/aromatic N) is 4. The Labute approximate surface area is 250 Å². The van der Waals surface area contributed by atoms with E-state index in [4.69, 9.17) is 15.5 Å². The molecule has 1 aliphatic carbocycles. The lowest BCUT2D eigenvalue weighted by Crippen LogP contribution is -2.56. The molecule has 0 fully saturated rings. The minimum absolute atomic E-state index is 0.159. The molecule has 3 unspecified atom stereocenters. The molecule has 8 nitrogen and oxygen atoms in total. The number of hydrogen-bond acceptors (Lipinski definition) is 6. The number of pyridine rings is 1. The zero-order chi connectivity index (χ0) is 31.7. The van der Waals surface area contributed by atoms with E-state index in [9.17, 15) is 13.9 Å². The summed E-state index contributed by atoms with van der Waals surface area (Å²) in [5.74, 6) is -0.797. The molecule has 3 N–H and O–H groups in total. The molecule has 1 heterocycles. The van der Waals surface area contributed by atoms with Crippen LogP contribution >= 0.6 is 0 Å². The summed E-state index contributed by atoms with van der Waals surface area (Å²) in [4.78, 5) is 3.81. The lowest BCUT2D eigenvalue weighted by atomic mass is 9.79. The second-order valence-electron chi connectivity index (χ2n) is 9.79. The van der Waals surface area contributed by atoms with Gasteiger partial charge in [-0.25, -0.2) is 8.78 Å². The summed E-state index contributed by atoms with van der Waals surface area (Å²) in [7, 11) is 0. The molecular formula is C32H26F4N6O2. The zero-order valence-corrected chi connectivity index (χ0v) is 23.3. The molecule has 2 aromatic carbocycles. The van der Waals surface area contributed by atoms with Crippen LogP contribution in [-0.2, 0) is 22.9 Å². The predicted molar refractivity (Wildman–Crippen MR) is 153 cm³/mol. The Hall–Kier alpha value is -5.17. The third kappa shape index (κ3) is 7.06. The third-order valence-corrected chi connectivity index (χ3v) is 6.93. The molecule has 0 aliphatic heterocycles. The summed E-state index contributed by atoms with van der Waals surface area (Å²) in [6.07, 6.45) is 7.86. The lowest BCUT2D eigenvalue weighted by Gasteiger charge is -2.40. The minimum Gasteiger partial charge on any atom is -0.377 e. The van der Waals surface area contributed by atoms with Crippen LogP contribution in [-0.4, -0.2) is 28.6 Å². The van der Waals surface area contributed by atoms with Crippen molar-refractivity contribution in [3.63, 3.8) is 0 Å².